The van der Waals surface area contributed by atoms with Crippen molar-refractivity contribution in [2.24, 2.45) is 5.92 Å². The van der Waals surface area contributed by atoms with Crippen LogP contribution in [-0.4, -0.2) is 43.1 Å². The standard InChI is InChI=1S/C19H21N5O2/c25-15-9-13(10-15)18(11-14-5-3-4-8-20-14)21-19(26)12-24-22-16-6-1-2-7-17(16)23-24/h1-8,13,15,18,25H,9-12H2,(H,21,26)/t13?,15?,18-/m0/s1. The third kappa shape index (κ3) is 3.72. The monoisotopic (exact) mass is 351 g/mol. The Morgan fingerprint density at radius 2 is 1.85 bits per heavy atom. The summed E-state index contributed by atoms with van der Waals surface area (Å²) < 4.78 is 0. The lowest BCUT2D eigenvalue weighted by atomic mass is 9.76. The molecular weight excluding hydrogens is 330 g/mol. The predicted octanol–water partition coefficient (Wildman–Crippen LogP) is 1.32. The van der Waals surface area contributed by atoms with Crippen LogP contribution in [-0.2, 0) is 17.8 Å². The van der Waals surface area contributed by atoms with Crippen LogP contribution in [0.5, 0.6) is 0 Å². The van der Waals surface area contributed by atoms with Gasteiger partial charge in [0.05, 0.1) is 6.10 Å². The molecule has 0 saturated heterocycles. The van der Waals surface area contributed by atoms with Gasteiger partial charge in [0, 0.05) is 24.4 Å². The molecule has 7 nitrogen and oxygen atoms in total. The highest BCUT2D eigenvalue weighted by atomic mass is 16.3. The van der Waals surface area contributed by atoms with Crippen molar-refractivity contribution in [1.82, 2.24) is 25.3 Å². The third-order valence-corrected chi connectivity index (χ3v) is 4.83. The van der Waals surface area contributed by atoms with E-state index in [9.17, 15) is 9.90 Å². The maximum Gasteiger partial charge on any atom is 0.243 e. The van der Waals surface area contributed by atoms with Gasteiger partial charge in [-0.3, -0.25) is 9.78 Å². The Morgan fingerprint density at radius 1 is 1.15 bits per heavy atom. The minimum Gasteiger partial charge on any atom is -0.393 e. The molecule has 2 heterocycles. The normalized spacial score (nSPS) is 20.5. The number of hydrogen-bond donors (Lipinski definition) is 2. The first kappa shape index (κ1) is 16.7. The largest absolute Gasteiger partial charge is 0.393 e. The van der Waals surface area contributed by atoms with Crippen molar-refractivity contribution in [1.29, 1.82) is 0 Å². The lowest BCUT2D eigenvalue weighted by Crippen LogP contribution is -2.49. The van der Waals surface area contributed by atoms with E-state index in [1.165, 1.54) is 4.80 Å². The summed E-state index contributed by atoms with van der Waals surface area (Å²) >= 11 is 0. The van der Waals surface area contributed by atoms with Gasteiger partial charge in [-0.15, -0.1) is 0 Å². The van der Waals surface area contributed by atoms with Crippen molar-refractivity contribution in [3.63, 3.8) is 0 Å². The van der Waals surface area contributed by atoms with Crippen molar-refractivity contribution in [2.75, 3.05) is 0 Å². The van der Waals surface area contributed by atoms with Gasteiger partial charge in [-0.25, -0.2) is 0 Å². The van der Waals surface area contributed by atoms with Crippen LogP contribution in [0.15, 0.2) is 48.7 Å². The van der Waals surface area contributed by atoms with E-state index in [-0.39, 0.29) is 30.5 Å². The maximum atomic E-state index is 12.5. The van der Waals surface area contributed by atoms with E-state index < -0.39 is 0 Å². The smallest absolute Gasteiger partial charge is 0.243 e. The number of nitrogens with one attached hydrogen (secondary N) is 1. The molecule has 1 aromatic carbocycles. The summed E-state index contributed by atoms with van der Waals surface area (Å²) in [4.78, 5) is 18.3. The molecule has 0 unspecified atom stereocenters. The quantitative estimate of drug-likeness (QED) is 0.699. The Bertz CT molecular complexity index is 856. The summed E-state index contributed by atoms with van der Waals surface area (Å²) in [5.41, 5.74) is 2.47. The summed E-state index contributed by atoms with van der Waals surface area (Å²) in [7, 11) is 0. The molecule has 1 aliphatic rings. The van der Waals surface area contributed by atoms with E-state index >= 15 is 0 Å². The molecule has 1 aliphatic carbocycles. The van der Waals surface area contributed by atoms with E-state index in [1.807, 2.05) is 42.5 Å². The molecule has 0 aliphatic heterocycles. The van der Waals surface area contributed by atoms with Gasteiger partial charge < -0.3 is 10.4 Å². The number of aliphatic hydroxyl groups excluding tert-OH is 1. The molecule has 26 heavy (non-hydrogen) atoms. The fourth-order valence-corrected chi connectivity index (χ4v) is 3.39. The maximum absolute atomic E-state index is 12.5. The molecule has 2 aromatic heterocycles. The van der Waals surface area contributed by atoms with Crippen LogP contribution in [0.4, 0.5) is 0 Å². The highest BCUT2D eigenvalue weighted by Crippen LogP contribution is 2.31. The van der Waals surface area contributed by atoms with Crippen LogP contribution in [0.2, 0.25) is 0 Å². The zero-order valence-corrected chi connectivity index (χ0v) is 14.3. The van der Waals surface area contributed by atoms with Crippen molar-refractivity contribution < 1.29 is 9.90 Å². The number of amides is 1. The first-order chi connectivity index (χ1) is 12.7. The zero-order chi connectivity index (χ0) is 17.9. The van der Waals surface area contributed by atoms with Gasteiger partial charge in [0.2, 0.25) is 5.91 Å². The second-order valence-corrected chi connectivity index (χ2v) is 6.80. The summed E-state index contributed by atoms with van der Waals surface area (Å²) in [6.45, 7) is 0.0721. The first-order valence-electron chi connectivity index (χ1n) is 8.84. The molecular formula is C19H21N5O2. The molecule has 134 valence electrons. The fraction of sp³-hybridized carbons (Fsp3) is 0.368. The van der Waals surface area contributed by atoms with Crippen molar-refractivity contribution in [2.45, 2.75) is 38.0 Å². The number of benzene rings is 1. The number of carbonyl (C=O) groups is 1. The number of fused-ring (bicyclic) bond motifs is 1. The van der Waals surface area contributed by atoms with Gasteiger partial charge in [0.1, 0.15) is 17.6 Å². The number of hydrogen-bond acceptors (Lipinski definition) is 5. The van der Waals surface area contributed by atoms with Crippen molar-refractivity contribution in [3.8, 4) is 0 Å². The summed E-state index contributed by atoms with van der Waals surface area (Å²) in [6, 6.07) is 13.3. The number of carbonyl (C=O) groups excluding carboxylic acids is 1. The highest BCUT2D eigenvalue weighted by Gasteiger charge is 2.35. The summed E-state index contributed by atoms with van der Waals surface area (Å²) in [6.07, 6.45) is 3.56. The fourth-order valence-electron chi connectivity index (χ4n) is 3.39. The van der Waals surface area contributed by atoms with E-state index in [1.54, 1.807) is 6.20 Å². The van der Waals surface area contributed by atoms with E-state index in [4.69, 9.17) is 0 Å². The van der Waals surface area contributed by atoms with Crippen LogP contribution < -0.4 is 5.32 Å². The highest BCUT2D eigenvalue weighted by molar-refractivity contribution is 5.77. The zero-order valence-electron chi connectivity index (χ0n) is 14.3. The number of aliphatic hydroxyl groups is 1. The second-order valence-electron chi connectivity index (χ2n) is 6.80. The molecule has 1 fully saturated rings. The molecule has 1 amide bonds. The van der Waals surface area contributed by atoms with Gasteiger partial charge in [0.15, 0.2) is 0 Å². The Kier molecular flexibility index (Phi) is 4.62. The first-order valence-corrected chi connectivity index (χ1v) is 8.84. The number of aromatic nitrogens is 4. The van der Waals surface area contributed by atoms with Gasteiger partial charge in [-0.2, -0.15) is 15.0 Å². The van der Waals surface area contributed by atoms with Crippen molar-refractivity contribution >= 4 is 16.9 Å². The molecule has 4 rings (SSSR count). The minimum absolute atomic E-state index is 0.0502. The Morgan fingerprint density at radius 3 is 2.46 bits per heavy atom. The number of nitrogens with zero attached hydrogens (tertiary/aromatic N) is 4. The molecule has 2 N–H and O–H groups in total. The van der Waals surface area contributed by atoms with Crippen molar-refractivity contribution in [3.05, 3.63) is 54.4 Å². The van der Waals surface area contributed by atoms with Crippen LogP contribution in [0.1, 0.15) is 18.5 Å². The molecule has 1 saturated carbocycles. The molecule has 0 bridgehead atoms. The second kappa shape index (κ2) is 7.21. The molecule has 1 atom stereocenters. The van der Waals surface area contributed by atoms with Crippen LogP contribution in [0.25, 0.3) is 11.0 Å². The Hall–Kier alpha value is -2.80. The van der Waals surface area contributed by atoms with E-state index in [0.29, 0.717) is 19.3 Å². The van der Waals surface area contributed by atoms with Gasteiger partial charge in [0.25, 0.3) is 0 Å². The average molecular weight is 351 g/mol. The van der Waals surface area contributed by atoms with Crippen LogP contribution in [0, 0.1) is 5.92 Å². The van der Waals surface area contributed by atoms with E-state index in [2.05, 4.69) is 20.5 Å². The topological polar surface area (TPSA) is 92.9 Å². The van der Waals surface area contributed by atoms with Gasteiger partial charge >= 0.3 is 0 Å². The van der Waals surface area contributed by atoms with Gasteiger partial charge in [-0.1, -0.05) is 18.2 Å². The lowest BCUT2D eigenvalue weighted by molar-refractivity contribution is -0.123. The van der Waals surface area contributed by atoms with E-state index in [0.717, 1.165) is 16.7 Å². The molecule has 0 spiro atoms. The Balaban J connectivity index is 1.43. The summed E-state index contributed by atoms with van der Waals surface area (Å²) in [5, 5.41) is 21.4. The predicted molar refractivity (Wildman–Crippen MR) is 96.1 cm³/mol. The third-order valence-electron chi connectivity index (χ3n) is 4.83. The number of pyridine rings is 1. The lowest BCUT2D eigenvalue weighted by Gasteiger charge is -2.38. The SMILES string of the molecule is O=C(Cn1nc2ccccc2n1)N[C@@H](Cc1ccccn1)C1CC(O)C1. The molecule has 3 aromatic rings. The van der Waals surface area contributed by atoms with Crippen LogP contribution >= 0.6 is 0 Å². The average Bonchev–Trinajstić information content (AvgIpc) is 3.01. The Labute approximate surface area is 151 Å². The molecule has 0 radical (unpaired) electrons. The summed E-state index contributed by atoms with van der Waals surface area (Å²) in [5.74, 6) is 0.133. The van der Waals surface area contributed by atoms with Crippen LogP contribution in [0.3, 0.4) is 0 Å². The minimum atomic E-state index is -0.263. The van der Waals surface area contributed by atoms with Gasteiger partial charge in [-0.05, 0) is 43.0 Å². The molecule has 7 heteroatoms. The number of rotatable bonds is 6.